The molecule has 0 saturated carbocycles. The molecule has 1 heterocycles. The van der Waals surface area contributed by atoms with Crippen LogP contribution in [-0.2, 0) is 6.42 Å². The van der Waals surface area contributed by atoms with E-state index in [0.29, 0.717) is 11.8 Å². The molecule has 0 amide bonds. The van der Waals surface area contributed by atoms with E-state index in [9.17, 15) is 4.79 Å². The Morgan fingerprint density at radius 1 is 1.00 bits per heavy atom. The van der Waals surface area contributed by atoms with Gasteiger partial charge in [0, 0.05) is 17.5 Å². The Balaban J connectivity index is 1.84. The summed E-state index contributed by atoms with van der Waals surface area (Å²) in [7, 11) is 0. The second-order valence-corrected chi connectivity index (χ2v) is 5.93. The number of carbonyl (C=O) groups excluding carboxylic acids is 1. The molecule has 19 heavy (non-hydrogen) atoms. The topological polar surface area (TPSA) is 29.1 Å². The molecule has 0 radical (unpaired) electrons. The van der Waals surface area contributed by atoms with Crippen LogP contribution in [0.15, 0.2) is 24.3 Å². The zero-order valence-electron chi connectivity index (χ0n) is 11.5. The molecule has 1 saturated heterocycles. The van der Waals surface area contributed by atoms with Crippen molar-refractivity contribution in [3.63, 3.8) is 0 Å². The number of carbonyl (C=O) groups is 1. The van der Waals surface area contributed by atoms with Crippen LogP contribution in [0.3, 0.4) is 0 Å². The monoisotopic (exact) mass is 257 g/mol. The molecule has 1 aliphatic carbocycles. The summed E-state index contributed by atoms with van der Waals surface area (Å²) in [4.78, 5) is 12.8. The van der Waals surface area contributed by atoms with Crippen molar-refractivity contribution in [2.24, 2.45) is 5.92 Å². The van der Waals surface area contributed by atoms with E-state index in [1.807, 2.05) is 12.1 Å². The number of nitrogens with one attached hydrogen (secondary N) is 1. The lowest BCUT2D eigenvalue weighted by Gasteiger charge is -2.25. The third-order valence-electron chi connectivity index (χ3n) is 4.66. The summed E-state index contributed by atoms with van der Waals surface area (Å²) in [6.45, 7) is 1.08. The van der Waals surface area contributed by atoms with Crippen LogP contribution in [0.5, 0.6) is 0 Å². The molecular formula is C17H23NO. The number of rotatable bonds is 1. The van der Waals surface area contributed by atoms with Crippen molar-refractivity contribution in [1.29, 1.82) is 0 Å². The van der Waals surface area contributed by atoms with Crippen molar-refractivity contribution in [2.75, 3.05) is 6.54 Å². The number of hydrogen-bond acceptors (Lipinski definition) is 2. The van der Waals surface area contributed by atoms with Crippen LogP contribution in [0.25, 0.3) is 0 Å². The van der Waals surface area contributed by atoms with E-state index in [-0.39, 0.29) is 5.92 Å². The van der Waals surface area contributed by atoms with Gasteiger partial charge in [-0.1, -0.05) is 37.1 Å². The van der Waals surface area contributed by atoms with Gasteiger partial charge in [-0.25, -0.2) is 0 Å². The molecule has 3 rings (SSSR count). The number of aryl methyl sites for hydroxylation is 1. The standard InChI is InChI=1S/C17H23NO/c19-17-14-9-4-3-7-13(14)8-6-10-15(17)16-11-2-1-5-12-18-16/h3-4,7,9,15-16,18H,1-2,5-6,8,10-12H2. The van der Waals surface area contributed by atoms with E-state index in [4.69, 9.17) is 0 Å². The van der Waals surface area contributed by atoms with Gasteiger partial charge in [-0.15, -0.1) is 0 Å². The van der Waals surface area contributed by atoms with Gasteiger partial charge in [0.15, 0.2) is 5.78 Å². The summed E-state index contributed by atoms with van der Waals surface area (Å²) in [5, 5.41) is 3.62. The Hall–Kier alpha value is -1.15. The fraction of sp³-hybridized carbons (Fsp3) is 0.588. The quantitative estimate of drug-likeness (QED) is 0.782. The summed E-state index contributed by atoms with van der Waals surface area (Å²) < 4.78 is 0. The number of ketones is 1. The lowest BCUT2D eigenvalue weighted by atomic mass is 9.86. The molecule has 1 aromatic carbocycles. The van der Waals surface area contributed by atoms with Crippen LogP contribution in [0.1, 0.15) is 54.4 Å². The Kier molecular flexibility index (Phi) is 3.97. The molecule has 2 heteroatoms. The maximum atomic E-state index is 12.8. The summed E-state index contributed by atoms with van der Waals surface area (Å²) in [5.41, 5.74) is 2.24. The van der Waals surface area contributed by atoms with E-state index in [1.165, 1.54) is 31.2 Å². The first kappa shape index (κ1) is 12.9. The molecule has 2 unspecified atom stereocenters. The fourth-order valence-electron chi connectivity index (χ4n) is 3.60. The lowest BCUT2D eigenvalue weighted by Crippen LogP contribution is -2.39. The van der Waals surface area contributed by atoms with Crippen molar-refractivity contribution in [1.82, 2.24) is 5.32 Å². The number of Topliss-reactive ketones (excluding diaryl/α,β-unsaturated/α-hetero) is 1. The van der Waals surface area contributed by atoms with E-state index in [0.717, 1.165) is 31.4 Å². The molecule has 1 N–H and O–H groups in total. The van der Waals surface area contributed by atoms with Gasteiger partial charge in [-0.3, -0.25) is 4.79 Å². The highest BCUT2D eigenvalue weighted by molar-refractivity contribution is 6.00. The van der Waals surface area contributed by atoms with Crippen molar-refractivity contribution in [3.8, 4) is 0 Å². The van der Waals surface area contributed by atoms with E-state index in [2.05, 4.69) is 17.4 Å². The highest BCUT2D eigenvalue weighted by Gasteiger charge is 2.31. The van der Waals surface area contributed by atoms with Crippen LogP contribution in [0.4, 0.5) is 0 Å². The molecule has 2 aliphatic rings. The first-order chi connectivity index (χ1) is 9.36. The van der Waals surface area contributed by atoms with Gasteiger partial charge in [-0.2, -0.15) is 0 Å². The van der Waals surface area contributed by atoms with Gasteiger partial charge in [0.05, 0.1) is 0 Å². The van der Waals surface area contributed by atoms with Gasteiger partial charge >= 0.3 is 0 Å². The first-order valence-electron chi connectivity index (χ1n) is 7.72. The minimum atomic E-state index is 0.196. The second kappa shape index (κ2) is 5.87. The highest BCUT2D eigenvalue weighted by atomic mass is 16.1. The smallest absolute Gasteiger partial charge is 0.167 e. The minimum absolute atomic E-state index is 0.196. The first-order valence-corrected chi connectivity index (χ1v) is 7.72. The molecule has 1 aliphatic heterocycles. The zero-order valence-corrected chi connectivity index (χ0v) is 11.5. The average molecular weight is 257 g/mol. The molecule has 0 aromatic heterocycles. The maximum absolute atomic E-state index is 12.8. The van der Waals surface area contributed by atoms with Crippen LogP contribution in [0.2, 0.25) is 0 Å². The largest absolute Gasteiger partial charge is 0.313 e. The third kappa shape index (κ3) is 2.74. The molecule has 1 fully saturated rings. The summed E-state index contributed by atoms with van der Waals surface area (Å²) >= 11 is 0. The predicted octanol–water partition coefficient (Wildman–Crippen LogP) is 3.35. The molecule has 1 aromatic rings. The van der Waals surface area contributed by atoms with Gasteiger partial charge in [-0.05, 0) is 44.2 Å². The van der Waals surface area contributed by atoms with Crippen LogP contribution < -0.4 is 5.32 Å². The summed E-state index contributed by atoms with van der Waals surface area (Å²) in [6, 6.07) is 8.60. The molecule has 0 spiro atoms. The van der Waals surface area contributed by atoms with E-state index >= 15 is 0 Å². The minimum Gasteiger partial charge on any atom is -0.313 e. The maximum Gasteiger partial charge on any atom is 0.167 e. The van der Waals surface area contributed by atoms with Crippen LogP contribution >= 0.6 is 0 Å². The lowest BCUT2D eigenvalue weighted by molar-refractivity contribution is 0.0881. The molecule has 2 atom stereocenters. The van der Waals surface area contributed by atoms with E-state index in [1.54, 1.807) is 0 Å². The summed E-state index contributed by atoms with van der Waals surface area (Å²) in [5.74, 6) is 0.578. The van der Waals surface area contributed by atoms with Gasteiger partial charge in [0.1, 0.15) is 0 Å². The Morgan fingerprint density at radius 2 is 1.89 bits per heavy atom. The number of hydrogen-bond donors (Lipinski definition) is 1. The van der Waals surface area contributed by atoms with E-state index < -0.39 is 0 Å². The SMILES string of the molecule is O=C1c2ccccc2CCCC1C1CCCCCN1. The zero-order chi connectivity index (χ0) is 13.1. The third-order valence-corrected chi connectivity index (χ3v) is 4.66. The van der Waals surface area contributed by atoms with Crippen LogP contribution in [-0.4, -0.2) is 18.4 Å². The van der Waals surface area contributed by atoms with Gasteiger partial charge in [0.25, 0.3) is 0 Å². The van der Waals surface area contributed by atoms with Crippen molar-refractivity contribution in [2.45, 2.75) is 51.0 Å². The van der Waals surface area contributed by atoms with Crippen molar-refractivity contribution >= 4 is 5.78 Å². The van der Waals surface area contributed by atoms with Gasteiger partial charge in [0.2, 0.25) is 0 Å². The average Bonchev–Trinajstić information content (AvgIpc) is 2.79. The van der Waals surface area contributed by atoms with Gasteiger partial charge < -0.3 is 5.32 Å². The molecular weight excluding hydrogens is 234 g/mol. The van der Waals surface area contributed by atoms with Crippen molar-refractivity contribution < 1.29 is 4.79 Å². The number of benzene rings is 1. The molecule has 2 nitrogen and oxygen atoms in total. The highest BCUT2D eigenvalue weighted by Crippen LogP contribution is 2.29. The van der Waals surface area contributed by atoms with Crippen LogP contribution in [0, 0.1) is 5.92 Å². The summed E-state index contributed by atoms with van der Waals surface area (Å²) in [6.07, 6.45) is 8.25. The predicted molar refractivity (Wildman–Crippen MR) is 77.5 cm³/mol. The van der Waals surface area contributed by atoms with Crippen molar-refractivity contribution in [3.05, 3.63) is 35.4 Å². The second-order valence-electron chi connectivity index (χ2n) is 5.93. The Labute approximate surface area is 115 Å². The number of fused-ring (bicyclic) bond motifs is 1. The normalized spacial score (nSPS) is 28.3. The molecule has 0 bridgehead atoms. The molecule has 102 valence electrons. The Morgan fingerprint density at radius 3 is 2.84 bits per heavy atom. The fourth-order valence-corrected chi connectivity index (χ4v) is 3.60. The Bertz CT molecular complexity index is 446.